The number of rotatable bonds is 13. The molecule has 1 aliphatic rings. The summed E-state index contributed by atoms with van der Waals surface area (Å²) >= 11 is 1.33. The van der Waals surface area contributed by atoms with Crippen LogP contribution in [0.15, 0.2) is 59.5 Å². The van der Waals surface area contributed by atoms with Gasteiger partial charge in [0, 0.05) is 57.3 Å². The van der Waals surface area contributed by atoms with Gasteiger partial charge in [-0.2, -0.15) is 4.31 Å². The van der Waals surface area contributed by atoms with E-state index in [1.807, 2.05) is 32.0 Å². The number of carbonyl (C=O) groups excluding carboxylic acids is 3. The Hall–Kier alpha value is -3.58. The van der Waals surface area contributed by atoms with E-state index in [1.165, 1.54) is 50.4 Å². The molecule has 2 N–H and O–H groups in total. The number of benzene rings is 2. The van der Waals surface area contributed by atoms with Crippen LogP contribution >= 0.6 is 11.3 Å². The van der Waals surface area contributed by atoms with Crippen molar-refractivity contribution in [2.75, 3.05) is 39.0 Å². The van der Waals surface area contributed by atoms with Gasteiger partial charge in [0.05, 0.1) is 10.5 Å². The quantitative estimate of drug-likeness (QED) is 0.249. The molecule has 0 unspecified atom stereocenters. The number of nitrogens with zero attached hydrogens (tertiary/aromatic N) is 3. The maximum atomic E-state index is 13.4. The van der Waals surface area contributed by atoms with Crippen molar-refractivity contribution < 1.29 is 22.8 Å². The molecule has 4 rings (SSSR count). The van der Waals surface area contributed by atoms with E-state index in [2.05, 4.69) is 27.7 Å². The van der Waals surface area contributed by atoms with Gasteiger partial charge in [-0.25, -0.2) is 13.2 Å². The highest BCUT2D eigenvalue weighted by Gasteiger charge is 2.30. The summed E-state index contributed by atoms with van der Waals surface area (Å²) in [6, 6.07) is 15.5. The summed E-state index contributed by atoms with van der Waals surface area (Å²) in [4.78, 5) is 43.8. The van der Waals surface area contributed by atoms with Crippen molar-refractivity contribution in [2.45, 2.75) is 63.9 Å². The molecule has 0 aliphatic carbocycles. The number of hydrogen-bond acceptors (Lipinski definition) is 7. The van der Waals surface area contributed by atoms with Crippen LogP contribution < -0.4 is 10.6 Å². The molecule has 1 aliphatic heterocycles. The van der Waals surface area contributed by atoms with E-state index in [9.17, 15) is 22.8 Å². The summed E-state index contributed by atoms with van der Waals surface area (Å²) in [5, 5.41) is 5.66. The second-order valence-electron chi connectivity index (χ2n) is 11.4. The van der Waals surface area contributed by atoms with Crippen molar-refractivity contribution in [3.63, 3.8) is 0 Å². The van der Waals surface area contributed by atoms with Crippen LogP contribution in [0.4, 0.5) is 9.80 Å². The zero-order valence-electron chi connectivity index (χ0n) is 26.5. The molecule has 0 spiro atoms. The van der Waals surface area contributed by atoms with Crippen LogP contribution in [0.25, 0.3) is 0 Å². The molecule has 1 aromatic heterocycles. The topological polar surface area (TPSA) is 119 Å². The minimum atomic E-state index is -3.70. The molecule has 0 saturated carbocycles. The first kappa shape index (κ1) is 34.3. The maximum absolute atomic E-state index is 13.4. The summed E-state index contributed by atoms with van der Waals surface area (Å²) in [5.74, 6) is -1.04. The fourth-order valence-electron chi connectivity index (χ4n) is 5.16. The normalized spacial score (nSPS) is 13.4. The number of fused-ring (bicyclic) bond motifs is 1. The zero-order valence-corrected chi connectivity index (χ0v) is 28.1. The van der Waals surface area contributed by atoms with E-state index in [4.69, 9.17) is 0 Å². The number of thiophene rings is 1. The molecule has 3 aromatic rings. The van der Waals surface area contributed by atoms with Gasteiger partial charge in [0.2, 0.25) is 10.0 Å². The molecule has 12 heteroatoms. The summed E-state index contributed by atoms with van der Waals surface area (Å²) in [7, 11) is -0.607. The van der Waals surface area contributed by atoms with E-state index < -0.39 is 27.9 Å². The van der Waals surface area contributed by atoms with E-state index in [1.54, 1.807) is 14.1 Å². The van der Waals surface area contributed by atoms with E-state index in [-0.39, 0.29) is 10.5 Å². The molecule has 0 fully saturated rings. The van der Waals surface area contributed by atoms with Crippen molar-refractivity contribution in [3.8, 4) is 0 Å². The van der Waals surface area contributed by atoms with Gasteiger partial charge in [-0.15, -0.1) is 11.3 Å². The highest BCUT2D eigenvalue weighted by molar-refractivity contribution is 7.89. The number of sulfonamides is 1. The Morgan fingerprint density at radius 1 is 0.911 bits per heavy atom. The molecular weight excluding hydrogens is 611 g/mol. The first-order valence-electron chi connectivity index (χ1n) is 15.4. The number of urea groups is 1. The van der Waals surface area contributed by atoms with Crippen LogP contribution in [-0.2, 0) is 29.5 Å². The van der Waals surface area contributed by atoms with Crippen molar-refractivity contribution in [2.24, 2.45) is 0 Å². The van der Waals surface area contributed by atoms with Crippen molar-refractivity contribution in [1.29, 1.82) is 0 Å². The lowest BCUT2D eigenvalue weighted by Gasteiger charge is -2.27. The van der Waals surface area contributed by atoms with Crippen LogP contribution in [0.5, 0.6) is 0 Å². The first-order chi connectivity index (χ1) is 21.5. The smallest absolute Gasteiger partial charge is 0.323 e. The van der Waals surface area contributed by atoms with Crippen molar-refractivity contribution in [3.05, 3.63) is 81.7 Å². The molecule has 2 aromatic carbocycles. The van der Waals surface area contributed by atoms with Gasteiger partial charge >= 0.3 is 6.03 Å². The minimum absolute atomic E-state index is 0.138. The number of unbranched alkanes of at least 4 members (excludes halogenated alkanes) is 2. The fourth-order valence-corrected chi connectivity index (χ4v) is 7.96. The molecule has 242 valence electrons. The lowest BCUT2D eigenvalue weighted by Crippen LogP contribution is -2.39. The Balaban J connectivity index is 1.57. The average Bonchev–Trinajstić information content (AvgIpc) is 3.38. The van der Waals surface area contributed by atoms with Crippen LogP contribution in [0.1, 0.15) is 76.3 Å². The standard InChI is InChI=1S/C33H43N5O5S2/c1-5-7-19-38(20-8-6-2)45(42,43)26-16-14-25(15-17-26)30(39)34-32-29(31(40)35-33(41)36(3)4)27-18-21-37(23-28(27)44-32)22-24-12-10-9-11-13-24/h9-17H,5-8,18-23H2,1-4H3,(H,34,39)(H,35,40,41). The van der Waals surface area contributed by atoms with Crippen LogP contribution in [-0.4, -0.2) is 74.1 Å². The van der Waals surface area contributed by atoms with E-state index in [0.717, 1.165) is 49.2 Å². The number of hydrogen-bond donors (Lipinski definition) is 2. The average molecular weight is 654 g/mol. The number of imide groups is 1. The number of carbonyl (C=O) groups is 3. The molecule has 0 saturated heterocycles. The molecular formula is C33H43N5O5S2. The highest BCUT2D eigenvalue weighted by atomic mass is 32.2. The molecule has 45 heavy (non-hydrogen) atoms. The summed E-state index contributed by atoms with van der Waals surface area (Å²) in [6.45, 7) is 7.03. The fraction of sp³-hybridized carbons (Fsp3) is 0.424. The third-order valence-corrected chi connectivity index (χ3v) is 10.8. The third-order valence-electron chi connectivity index (χ3n) is 7.74. The molecule has 0 radical (unpaired) electrons. The molecule has 0 atom stereocenters. The van der Waals surface area contributed by atoms with Crippen molar-refractivity contribution >= 4 is 44.2 Å². The van der Waals surface area contributed by atoms with Crippen LogP contribution in [0.2, 0.25) is 0 Å². The van der Waals surface area contributed by atoms with Crippen LogP contribution in [0, 0.1) is 0 Å². The monoisotopic (exact) mass is 653 g/mol. The van der Waals surface area contributed by atoms with E-state index in [0.29, 0.717) is 36.6 Å². The highest BCUT2D eigenvalue weighted by Crippen LogP contribution is 2.38. The van der Waals surface area contributed by atoms with Gasteiger partial charge < -0.3 is 10.2 Å². The minimum Gasteiger partial charge on any atom is -0.331 e. The Morgan fingerprint density at radius 2 is 1.56 bits per heavy atom. The predicted molar refractivity (Wildman–Crippen MR) is 178 cm³/mol. The second-order valence-corrected chi connectivity index (χ2v) is 14.4. The predicted octanol–water partition coefficient (Wildman–Crippen LogP) is 5.56. The summed E-state index contributed by atoms with van der Waals surface area (Å²) in [5.41, 5.74) is 2.56. The van der Waals surface area contributed by atoms with Gasteiger partial charge in [0.25, 0.3) is 11.8 Å². The number of anilines is 1. The largest absolute Gasteiger partial charge is 0.331 e. The maximum Gasteiger partial charge on any atom is 0.323 e. The van der Waals surface area contributed by atoms with Gasteiger partial charge in [-0.1, -0.05) is 57.0 Å². The van der Waals surface area contributed by atoms with Crippen LogP contribution in [0.3, 0.4) is 0 Å². The Kier molecular flexibility index (Phi) is 11.9. The van der Waals surface area contributed by atoms with Crippen molar-refractivity contribution in [1.82, 2.24) is 19.4 Å². The number of amides is 4. The van der Waals surface area contributed by atoms with Gasteiger partial charge in [0.1, 0.15) is 5.00 Å². The summed E-state index contributed by atoms with van der Waals surface area (Å²) in [6.07, 6.45) is 3.91. The lowest BCUT2D eigenvalue weighted by atomic mass is 10.0. The summed E-state index contributed by atoms with van der Waals surface area (Å²) < 4.78 is 28.3. The third kappa shape index (κ3) is 8.57. The Bertz CT molecular complexity index is 1580. The number of nitrogens with one attached hydrogen (secondary N) is 2. The van der Waals surface area contributed by atoms with Gasteiger partial charge in [0.15, 0.2) is 0 Å². The Morgan fingerprint density at radius 3 is 2.16 bits per heavy atom. The van der Waals surface area contributed by atoms with E-state index >= 15 is 0 Å². The molecule has 10 nitrogen and oxygen atoms in total. The second kappa shape index (κ2) is 15.6. The van der Waals surface area contributed by atoms with Gasteiger partial charge in [-0.05, 0) is 54.7 Å². The SMILES string of the molecule is CCCCN(CCCC)S(=O)(=O)c1ccc(C(=O)Nc2sc3c(c2C(=O)NC(=O)N(C)C)CCN(Cc2ccccc2)C3)cc1. The molecule has 4 amide bonds. The lowest BCUT2D eigenvalue weighted by molar-refractivity contribution is 0.0956. The Labute approximate surface area is 270 Å². The first-order valence-corrected chi connectivity index (χ1v) is 17.7. The van der Waals surface area contributed by atoms with Gasteiger partial charge in [-0.3, -0.25) is 19.8 Å². The zero-order chi connectivity index (χ0) is 32.6. The molecule has 0 bridgehead atoms. The molecule has 2 heterocycles.